The van der Waals surface area contributed by atoms with Crippen molar-refractivity contribution in [2.45, 2.75) is 35.5 Å². The Morgan fingerprint density at radius 3 is 2.50 bits per heavy atom. The third kappa shape index (κ3) is 5.74. The average molecular weight is 453 g/mol. The highest BCUT2D eigenvalue weighted by Gasteiger charge is 2.29. The molecular formula is C21H25FN2O4S2. The molecule has 2 aromatic rings. The molecule has 1 aliphatic rings. The lowest BCUT2D eigenvalue weighted by Gasteiger charge is -2.26. The molecule has 9 heteroatoms. The molecule has 0 radical (unpaired) electrons. The molecule has 0 unspecified atom stereocenters. The van der Waals surface area contributed by atoms with E-state index in [0.29, 0.717) is 24.5 Å². The number of halogens is 1. The zero-order chi connectivity index (χ0) is 21.6. The predicted octanol–water partition coefficient (Wildman–Crippen LogP) is 4.13. The molecule has 1 amide bonds. The van der Waals surface area contributed by atoms with Gasteiger partial charge in [0.05, 0.1) is 7.11 Å². The van der Waals surface area contributed by atoms with Gasteiger partial charge in [0.2, 0.25) is 15.9 Å². The fourth-order valence-electron chi connectivity index (χ4n) is 3.22. The van der Waals surface area contributed by atoms with Crippen LogP contribution in [0.2, 0.25) is 0 Å². The maximum Gasteiger partial charge on any atom is 0.246 e. The van der Waals surface area contributed by atoms with Crippen molar-refractivity contribution in [2.24, 2.45) is 0 Å². The third-order valence-electron chi connectivity index (χ3n) is 4.79. The maximum atomic E-state index is 13.1. The molecule has 0 aromatic heterocycles. The lowest BCUT2D eigenvalue weighted by molar-refractivity contribution is -0.115. The molecule has 30 heavy (non-hydrogen) atoms. The first kappa shape index (κ1) is 22.6. The van der Waals surface area contributed by atoms with Gasteiger partial charge in [-0.05, 0) is 55.3 Å². The molecule has 1 aliphatic heterocycles. The van der Waals surface area contributed by atoms with E-state index in [0.717, 1.165) is 24.2 Å². The van der Waals surface area contributed by atoms with Crippen LogP contribution in [0.25, 0.3) is 0 Å². The number of carbonyl (C=O) groups is 1. The smallest absolute Gasteiger partial charge is 0.246 e. The van der Waals surface area contributed by atoms with Crippen molar-refractivity contribution in [1.29, 1.82) is 0 Å². The summed E-state index contributed by atoms with van der Waals surface area (Å²) in [7, 11) is -2.27. The highest BCUT2D eigenvalue weighted by atomic mass is 32.2. The van der Waals surface area contributed by atoms with E-state index in [1.807, 2.05) is 0 Å². The van der Waals surface area contributed by atoms with Crippen molar-refractivity contribution >= 4 is 33.4 Å². The number of rotatable bonds is 8. The van der Waals surface area contributed by atoms with Crippen molar-refractivity contribution in [2.75, 3.05) is 31.3 Å². The zero-order valence-corrected chi connectivity index (χ0v) is 18.4. The van der Waals surface area contributed by atoms with Crippen LogP contribution in [-0.2, 0) is 14.8 Å². The first-order chi connectivity index (χ1) is 14.4. The van der Waals surface area contributed by atoms with E-state index in [-0.39, 0.29) is 28.8 Å². The van der Waals surface area contributed by atoms with Crippen LogP contribution in [0, 0.1) is 5.82 Å². The maximum absolute atomic E-state index is 13.1. The van der Waals surface area contributed by atoms with Gasteiger partial charge in [-0.25, -0.2) is 12.8 Å². The molecule has 0 atom stereocenters. The van der Waals surface area contributed by atoms with Gasteiger partial charge in [-0.3, -0.25) is 4.79 Å². The average Bonchev–Trinajstić information content (AvgIpc) is 2.75. The minimum absolute atomic E-state index is 0.0605. The Kier molecular flexibility index (Phi) is 7.74. The number of ether oxygens (including phenoxy) is 1. The second-order valence-corrected chi connectivity index (χ2v) is 10.0. The zero-order valence-electron chi connectivity index (χ0n) is 16.8. The first-order valence-corrected chi connectivity index (χ1v) is 12.2. The van der Waals surface area contributed by atoms with Gasteiger partial charge in [-0.1, -0.05) is 6.42 Å². The Balaban J connectivity index is 1.65. The van der Waals surface area contributed by atoms with Gasteiger partial charge in [0.25, 0.3) is 0 Å². The van der Waals surface area contributed by atoms with Crippen molar-refractivity contribution < 1.29 is 22.3 Å². The summed E-state index contributed by atoms with van der Waals surface area (Å²) in [5, 5.41) is 2.75. The van der Waals surface area contributed by atoms with Crippen LogP contribution in [0.4, 0.5) is 10.1 Å². The number of nitrogens with one attached hydrogen (secondary N) is 1. The van der Waals surface area contributed by atoms with Crippen LogP contribution in [0.3, 0.4) is 0 Å². The Bertz CT molecular complexity index is 975. The summed E-state index contributed by atoms with van der Waals surface area (Å²) in [5.41, 5.74) is 0.406. The highest BCUT2D eigenvalue weighted by Crippen LogP contribution is 2.31. The number of thioether (sulfide) groups is 1. The number of nitrogens with zero attached hydrogens (tertiary/aromatic N) is 1. The number of methoxy groups -OCH3 is 1. The Hall–Kier alpha value is -2.10. The fourth-order valence-corrected chi connectivity index (χ4v) is 5.77. The molecule has 0 aliphatic carbocycles. The quantitative estimate of drug-likeness (QED) is 0.610. The van der Waals surface area contributed by atoms with E-state index in [1.54, 1.807) is 24.3 Å². The molecule has 162 valence electrons. The van der Waals surface area contributed by atoms with E-state index in [1.165, 1.54) is 41.4 Å². The Morgan fingerprint density at radius 2 is 1.83 bits per heavy atom. The summed E-state index contributed by atoms with van der Waals surface area (Å²) in [6, 6.07) is 10.7. The van der Waals surface area contributed by atoms with Crippen LogP contribution in [0.15, 0.2) is 52.3 Å². The van der Waals surface area contributed by atoms with E-state index in [2.05, 4.69) is 5.32 Å². The predicted molar refractivity (Wildman–Crippen MR) is 116 cm³/mol. The van der Waals surface area contributed by atoms with Gasteiger partial charge in [-0.15, -0.1) is 11.8 Å². The van der Waals surface area contributed by atoms with Crippen LogP contribution >= 0.6 is 11.8 Å². The lowest BCUT2D eigenvalue weighted by Crippen LogP contribution is -2.35. The molecule has 0 saturated carbocycles. The van der Waals surface area contributed by atoms with Crippen LogP contribution in [0.1, 0.15) is 25.7 Å². The van der Waals surface area contributed by atoms with E-state index < -0.39 is 10.0 Å². The van der Waals surface area contributed by atoms with Gasteiger partial charge in [0.1, 0.15) is 16.5 Å². The number of anilines is 1. The summed E-state index contributed by atoms with van der Waals surface area (Å²) in [6.45, 7) is 0.978. The lowest BCUT2D eigenvalue weighted by atomic mass is 10.2. The minimum atomic E-state index is -3.70. The molecule has 1 fully saturated rings. The van der Waals surface area contributed by atoms with Gasteiger partial charge < -0.3 is 10.1 Å². The van der Waals surface area contributed by atoms with Crippen LogP contribution in [0.5, 0.6) is 5.75 Å². The van der Waals surface area contributed by atoms with E-state index >= 15 is 0 Å². The summed E-state index contributed by atoms with van der Waals surface area (Å²) >= 11 is 1.45. The topological polar surface area (TPSA) is 75.7 Å². The number of hydrogen-bond acceptors (Lipinski definition) is 5. The SMILES string of the molecule is COc1ccc(NC(=O)CCSc2ccc(F)cc2)cc1S(=O)(=O)N1CCCCC1. The van der Waals surface area contributed by atoms with Crippen molar-refractivity contribution in [1.82, 2.24) is 4.31 Å². The van der Waals surface area contributed by atoms with Crippen molar-refractivity contribution in [3.63, 3.8) is 0 Å². The minimum Gasteiger partial charge on any atom is -0.495 e. The van der Waals surface area contributed by atoms with Gasteiger partial charge in [0, 0.05) is 35.8 Å². The molecule has 1 saturated heterocycles. The van der Waals surface area contributed by atoms with Crippen molar-refractivity contribution in [3.8, 4) is 5.75 Å². The normalized spacial score (nSPS) is 15.0. The Labute approximate surface area is 180 Å². The second-order valence-electron chi connectivity index (χ2n) is 6.93. The number of amides is 1. The van der Waals surface area contributed by atoms with E-state index in [9.17, 15) is 17.6 Å². The van der Waals surface area contributed by atoms with Crippen LogP contribution < -0.4 is 10.1 Å². The molecule has 0 spiro atoms. The molecular weight excluding hydrogens is 427 g/mol. The molecule has 2 aromatic carbocycles. The van der Waals surface area contributed by atoms with E-state index in [4.69, 9.17) is 4.74 Å². The monoisotopic (exact) mass is 452 g/mol. The van der Waals surface area contributed by atoms with Crippen LogP contribution in [-0.4, -0.2) is 44.6 Å². The number of hydrogen-bond donors (Lipinski definition) is 1. The number of carbonyl (C=O) groups excluding carboxylic acids is 1. The number of benzene rings is 2. The summed E-state index contributed by atoms with van der Waals surface area (Å²) in [6.07, 6.45) is 2.94. The summed E-state index contributed by atoms with van der Waals surface area (Å²) < 4.78 is 45.8. The fraction of sp³-hybridized carbons (Fsp3) is 0.381. The molecule has 0 bridgehead atoms. The summed E-state index contributed by atoms with van der Waals surface area (Å²) in [4.78, 5) is 13.2. The largest absolute Gasteiger partial charge is 0.495 e. The second kappa shape index (κ2) is 10.3. The molecule has 6 nitrogen and oxygen atoms in total. The number of piperidine rings is 1. The van der Waals surface area contributed by atoms with Gasteiger partial charge in [-0.2, -0.15) is 4.31 Å². The molecule has 1 heterocycles. The van der Waals surface area contributed by atoms with Gasteiger partial charge >= 0.3 is 0 Å². The highest BCUT2D eigenvalue weighted by molar-refractivity contribution is 7.99. The molecule has 1 N–H and O–H groups in total. The standard InChI is InChI=1S/C21H25FN2O4S2/c1-28-19-10-7-17(15-20(19)30(26,27)24-12-3-2-4-13-24)23-21(25)11-14-29-18-8-5-16(22)6-9-18/h5-10,15H,2-4,11-14H2,1H3,(H,23,25). The third-order valence-corrected chi connectivity index (χ3v) is 7.73. The van der Waals surface area contributed by atoms with Gasteiger partial charge in [0.15, 0.2) is 0 Å². The van der Waals surface area contributed by atoms with Crippen molar-refractivity contribution in [3.05, 3.63) is 48.3 Å². The summed E-state index contributed by atoms with van der Waals surface area (Å²) in [5.74, 6) is 0.250. The molecule has 3 rings (SSSR count). The number of sulfonamides is 1. The Morgan fingerprint density at radius 1 is 1.13 bits per heavy atom. The first-order valence-electron chi connectivity index (χ1n) is 9.76.